The molecule has 0 aliphatic carbocycles. The van der Waals surface area contributed by atoms with E-state index in [1.165, 1.54) is 24.3 Å². The van der Waals surface area contributed by atoms with Crippen LogP contribution in [-0.2, 0) is 14.6 Å². The van der Waals surface area contributed by atoms with Crippen molar-refractivity contribution < 1.29 is 13.2 Å². The molecular weight excluding hydrogens is 288 g/mol. The molecule has 21 heavy (non-hydrogen) atoms. The molecule has 0 radical (unpaired) electrons. The average molecular weight is 304 g/mol. The highest BCUT2D eigenvalue weighted by molar-refractivity contribution is 7.90. The number of sulfone groups is 1. The van der Waals surface area contributed by atoms with Gasteiger partial charge in [0.25, 0.3) is 0 Å². The van der Waals surface area contributed by atoms with Crippen molar-refractivity contribution in [1.82, 2.24) is 0 Å². The molecule has 110 valence electrons. The normalized spacial score (nSPS) is 12.7. The summed E-state index contributed by atoms with van der Waals surface area (Å²) in [6.07, 6.45) is 1.13. The molecule has 1 atom stereocenters. The smallest absolute Gasteiger partial charge is 0.245 e. The van der Waals surface area contributed by atoms with Crippen molar-refractivity contribution in [3.63, 3.8) is 0 Å². The van der Waals surface area contributed by atoms with Crippen LogP contribution in [0.15, 0.2) is 59.5 Å². The van der Waals surface area contributed by atoms with Crippen LogP contribution < -0.4 is 11.1 Å². The molecule has 0 saturated heterocycles. The third-order valence-electron chi connectivity index (χ3n) is 2.99. The van der Waals surface area contributed by atoms with Gasteiger partial charge in [0, 0.05) is 11.9 Å². The van der Waals surface area contributed by atoms with E-state index in [0.29, 0.717) is 11.3 Å². The molecule has 0 aliphatic heterocycles. The van der Waals surface area contributed by atoms with E-state index in [4.69, 9.17) is 5.73 Å². The quantitative estimate of drug-likeness (QED) is 0.900. The van der Waals surface area contributed by atoms with Crippen LogP contribution in [0.25, 0.3) is 0 Å². The second-order valence-corrected chi connectivity index (χ2v) is 6.69. The first kappa shape index (κ1) is 15.2. The lowest BCUT2D eigenvalue weighted by molar-refractivity contribution is -0.117. The van der Waals surface area contributed by atoms with Crippen molar-refractivity contribution in [2.24, 2.45) is 5.73 Å². The molecule has 0 spiro atoms. The van der Waals surface area contributed by atoms with E-state index < -0.39 is 15.9 Å². The van der Waals surface area contributed by atoms with Crippen LogP contribution in [0.4, 0.5) is 5.69 Å². The SMILES string of the molecule is CS(=O)(=O)c1ccc(NC(=O)[C@@H](N)c2ccccc2)cc1. The van der Waals surface area contributed by atoms with E-state index in [9.17, 15) is 13.2 Å². The Bertz CT molecular complexity index is 725. The summed E-state index contributed by atoms with van der Waals surface area (Å²) in [7, 11) is -3.24. The number of carbonyl (C=O) groups is 1. The Labute approximate surface area is 123 Å². The van der Waals surface area contributed by atoms with Crippen molar-refractivity contribution >= 4 is 21.4 Å². The zero-order valence-electron chi connectivity index (χ0n) is 11.5. The fraction of sp³-hybridized carbons (Fsp3) is 0.133. The van der Waals surface area contributed by atoms with Crippen molar-refractivity contribution in [2.45, 2.75) is 10.9 Å². The van der Waals surface area contributed by atoms with E-state index >= 15 is 0 Å². The van der Waals surface area contributed by atoms with Gasteiger partial charge in [-0.2, -0.15) is 0 Å². The first-order valence-corrected chi connectivity index (χ1v) is 8.18. The lowest BCUT2D eigenvalue weighted by Gasteiger charge is -2.12. The van der Waals surface area contributed by atoms with E-state index in [2.05, 4.69) is 5.32 Å². The molecule has 0 saturated carbocycles. The Kier molecular flexibility index (Phi) is 4.40. The number of amides is 1. The van der Waals surface area contributed by atoms with Gasteiger partial charge in [-0.25, -0.2) is 8.42 Å². The summed E-state index contributed by atoms with van der Waals surface area (Å²) in [4.78, 5) is 12.2. The molecule has 0 unspecified atom stereocenters. The number of hydrogen-bond donors (Lipinski definition) is 2. The molecule has 0 aromatic heterocycles. The Hall–Kier alpha value is -2.18. The third kappa shape index (κ3) is 3.90. The van der Waals surface area contributed by atoms with Gasteiger partial charge in [0.05, 0.1) is 4.90 Å². The standard InChI is InChI=1S/C15H16N2O3S/c1-21(19,20)13-9-7-12(8-10-13)17-15(18)14(16)11-5-3-2-4-6-11/h2-10,14H,16H2,1H3,(H,17,18)/t14-/m0/s1. The first-order chi connectivity index (χ1) is 9.88. The zero-order chi connectivity index (χ0) is 15.5. The summed E-state index contributed by atoms with van der Waals surface area (Å²) in [6, 6.07) is 14.2. The number of nitrogens with one attached hydrogen (secondary N) is 1. The molecule has 2 aromatic carbocycles. The van der Waals surface area contributed by atoms with Crippen molar-refractivity contribution in [2.75, 3.05) is 11.6 Å². The average Bonchev–Trinajstić information content (AvgIpc) is 2.47. The molecule has 1 amide bonds. The molecule has 2 rings (SSSR count). The minimum atomic E-state index is -3.24. The molecule has 2 aromatic rings. The van der Waals surface area contributed by atoms with E-state index in [-0.39, 0.29) is 10.8 Å². The summed E-state index contributed by atoms with van der Waals surface area (Å²) in [5, 5.41) is 2.66. The third-order valence-corrected chi connectivity index (χ3v) is 4.12. The monoisotopic (exact) mass is 304 g/mol. The maximum atomic E-state index is 12.0. The number of benzene rings is 2. The fourth-order valence-corrected chi connectivity index (χ4v) is 2.45. The predicted molar refractivity (Wildman–Crippen MR) is 81.6 cm³/mol. The molecule has 0 fully saturated rings. The Morgan fingerprint density at radius 3 is 2.14 bits per heavy atom. The predicted octanol–water partition coefficient (Wildman–Crippen LogP) is 1.73. The van der Waals surface area contributed by atoms with Crippen LogP contribution >= 0.6 is 0 Å². The van der Waals surface area contributed by atoms with Crippen LogP contribution in [0.1, 0.15) is 11.6 Å². The second kappa shape index (κ2) is 6.07. The molecule has 0 bridgehead atoms. The van der Waals surface area contributed by atoms with Gasteiger partial charge >= 0.3 is 0 Å². The second-order valence-electron chi connectivity index (χ2n) is 4.67. The number of nitrogens with two attached hydrogens (primary N) is 1. The molecule has 5 nitrogen and oxygen atoms in total. The van der Waals surface area contributed by atoms with Gasteiger partial charge in [0.1, 0.15) is 6.04 Å². The number of rotatable bonds is 4. The summed E-state index contributed by atoms with van der Waals surface area (Å²) < 4.78 is 22.7. The highest BCUT2D eigenvalue weighted by Crippen LogP contribution is 2.16. The topological polar surface area (TPSA) is 89.3 Å². The number of carbonyl (C=O) groups excluding carboxylic acids is 1. The highest BCUT2D eigenvalue weighted by Gasteiger charge is 2.15. The van der Waals surface area contributed by atoms with E-state index in [1.54, 1.807) is 12.1 Å². The Morgan fingerprint density at radius 1 is 1.05 bits per heavy atom. The molecule has 0 aliphatic rings. The zero-order valence-corrected chi connectivity index (χ0v) is 12.3. The van der Waals surface area contributed by atoms with Gasteiger partial charge in [-0.05, 0) is 29.8 Å². The molecule has 0 heterocycles. The minimum absolute atomic E-state index is 0.202. The van der Waals surface area contributed by atoms with E-state index in [0.717, 1.165) is 6.26 Å². The van der Waals surface area contributed by atoms with Gasteiger partial charge < -0.3 is 11.1 Å². The Morgan fingerprint density at radius 2 is 1.62 bits per heavy atom. The van der Waals surface area contributed by atoms with Crippen LogP contribution in [0.5, 0.6) is 0 Å². The highest BCUT2D eigenvalue weighted by atomic mass is 32.2. The minimum Gasteiger partial charge on any atom is -0.324 e. The van der Waals surface area contributed by atoms with Crippen molar-refractivity contribution in [1.29, 1.82) is 0 Å². The van der Waals surface area contributed by atoms with Crippen LogP contribution in [-0.4, -0.2) is 20.6 Å². The van der Waals surface area contributed by atoms with E-state index in [1.807, 2.05) is 18.2 Å². The number of hydrogen-bond acceptors (Lipinski definition) is 4. The Balaban J connectivity index is 2.10. The summed E-state index contributed by atoms with van der Waals surface area (Å²) in [5.74, 6) is -0.353. The van der Waals surface area contributed by atoms with Gasteiger partial charge in [0.15, 0.2) is 9.84 Å². The fourth-order valence-electron chi connectivity index (χ4n) is 1.82. The maximum absolute atomic E-state index is 12.0. The van der Waals surface area contributed by atoms with Gasteiger partial charge in [-0.3, -0.25) is 4.79 Å². The van der Waals surface area contributed by atoms with Gasteiger partial charge in [-0.15, -0.1) is 0 Å². The van der Waals surface area contributed by atoms with Gasteiger partial charge in [0.2, 0.25) is 5.91 Å². The van der Waals surface area contributed by atoms with Crippen LogP contribution in [0.2, 0.25) is 0 Å². The van der Waals surface area contributed by atoms with Crippen LogP contribution in [0, 0.1) is 0 Å². The maximum Gasteiger partial charge on any atom is 0.245 e. The largest absolute Gasteiger partial charge is 0.324 e. The summed E-state index contributed by atoms with van der Waals surface area (Å²) in [6.45, 7) is 0. The summed E-state index contributed by atoms with van der Waals surface area (Å²) >= 11 is 0. The lowest BCUT2D eigenvalue weighted by atomic mass is 10.1. The lowest BCUT2D eigenvalue weighted by Crippen LogP contribution is -2.27. The van der Waals surface area contributed by atoms with Crippen LogP contribution in [0.3, 0.4) is 0 Å². The van der Waals surface area contributed by atoms with Crippen molar-refractivity contribution in [3.8, 4) is 0 Å². The number of anilines is 1. The molecule has 3 N–H and O–H groups in total. The first-order valence-electron chi connectivity index (χ1n) is 6.29. The summed E-state index contributed by atoms with van der Waals surface area (Å²) in [5.41, 5.74) is 7.09. The van der Waals surface area contributed by atoms with Crippen molar-refractivity contribution in [3.05, 3.63) is 60.2 Å². The molecular formula is C15H16N2O3S. The molecule has 6 heteroatoms. The van der Waals surface area contributed by atoms with Gasteiger partial charge in [-0.1, -0.05) is 30.3 Å².